The topological polar surface area (TPSA) is 119 Å². The Balaban J connectivity index is 1.60. The molecule has 1 unspecified atom stereocenters. The lowest BCUT2D eigenvalue weighted by molar-refractivity contribution is -0.140. The highest BCUT2D eigenvalue weighted by atomic mass is 16.5. The lowest BCUT2D eigenvalue weighted by Crippen LogP contribution is -2.47. The zero-order valence-electron chi connectivity index (χ0n) is 21.7. The molecule has 0 radical (unpaired) electrons. The van der Waals surface area contributed by atoms with E-state index in [9.17, 15) is 24.3 Å². The van der Waals surface area contributed by atoms with Crippen molar-refractivity contribution in [3.8, 4) is 17.2 Å². The fraction of sp³-hybridized carbons (Fsp3) is 0.267. The smallest absolute Gasteiger partial charge is 0.259 e. The summed E-state index contributed by atoms with van der Waals surface area (Å²) in [5.74, 6) is -4.48. The standard InChI is InChI=1S/C30H27NO7/c1-14-10-17-8-6-7-9-18(17)19(15(14)2)13-31-29(36)25-22(37-5)11-21(34)26-27(25)38-23-12-20(33)24(16(3)32)28(35)30(23,26)4/h6-12,24,34H,13H2,1-5H3,(H,31,36)/t24?,30-/m1/s1. The van der Waals surface area contributed by atoms with Crippen LogP contribution in [0, 0.1) is 19.8 Å². The monoisotopic (exact) mass is 513 g/mol. The van der Waals surface area contributed by atoms with Crippen LogP contribution in [0.3, 0.4) is 0 Å². The number of fused-ring (bicyclic) bond motifs is 4. The molecule has 3 aromatic rings. The predicted molar refractivity (Wildman–Crippen MR) is 139 cm³/mol. The Hall–Kier alpha value is -4.46. The van der Waals surface area contributed by atoms with Gasteiger partial charge in [-0.25, -0.2) is 0 Å². The van der Waals surface area contributed by atoms with Gasteiger partial charge in [0.15, 0.2) is 17.3 Å². The number of allylic oxidation sites excluding steroid dienone is 2. The molecule has 8 heteroatoms. The van der Waals surface area contributed by atoms with Crippen LogP contribution < -0.4 is 14.8 Å². The minimum Gasteiger partial charge on any atom is -0.507 e. The number of carbonyl (C=O) groups is 4. The van der Waals surface area contributed by atoms with Crippen LogP contribution in [0.5, 0.6) is 17.2 Å². The number of phenols is 1. The van der Waals surface area contributed by atoms with Crippen LogP contribution in [0.2, 0.25) is 0 Å². The SMILES string of the molecule is COc1cc(O)c2c(c1C(=O)NCc1c(C)c(C)cc3ccccc13)OC1=CC(=O)C(C(C)=O)C(=O)[C@]12C. The molecule has 194 valence electrons. The van der Waals surface area contributed by atoms with Gasteiger partial charge in [0.05, 0.1) is 12.7 Å². The summed E-state index contributed by atoms with van der Waals surface area (Å²) in [4.78, 5) is 51.8. The van der Waals surface area contributed by atoms with Gasteiger partial charge in [0, 0.05) is 18.7 Å². The van der Waals surface area contributed by atoms with Crippen molar-refractivity contribution in [1.82, 2.24) is 5.32 Å². The summed E-state index contributed by atoms with van der Waals surface area (Å²) in [6.45, 7) is 6.86. The Bertz CT molecular complexity index is 1620. The van der Waals surface area contributed by atoms with E-state index in [4.69, 9.17) is 9.47 Å². The molecule has 0 bridgehead atoms. The van der Waals surface area contributed by atoms with E-state index in [2.05, 4.69) is 11.4 Å². The number of phenolic OH excluding ortho intramolecular Hbond substituents is 1. The normalized spacial score (nSPS) is 19.9. The van der Waals surface area contributed by atoms with E-state index in [1.54, 1.807) is 0 Å². The summed E-state index contributed by atoms with van der Waals surface area (Å²) in [7, 11) is 1.35. The number of nitrogens with one attached hydrogen (secondary N) is 1. The number of amides is 1. The highest BCUT2D eigenvalue weighted by molar-refractivity contribution is 6.27. The Morgan fingerprint density at radius 1 is 1.16 bits per heavy atom. The van der Waals surface area contributed by atoms with Gasteiger partial charge >= 0.3 is 0 Å². The van der Waals surface area contributed by atoms with Crippen molar-refractivity contribution in [3.05, 3.63) is 76.1 Å². The van der Waals surface area contributed by atoms with Gasteiger partial charge < -0.3 is 19.9 Å². The van der Waals surface area contributed by atoms with Crippen LogP contribution in [-0.2, 0) is 26.3 Å². The second-order valence-electron chi connectivity index (χ2n) is 9.92. The molecule has 0 saturated heterocycles. The number of hydrogen-bond acceptors (Lipinski definition) is 7. The summed E-state index contributed by atoms with van der Waals surface area (Å²) < 4.78 is 11.3. The molecule has 1 heterocycles. The van der Waals surface area contributed by atoms with E-state index < -0.39 is 34.6 Å². The third kappa shape index (κ3) is 3.51. The molecule has 1 aliphatic carbocycles. The molecule has 1 aliphatic heterocycles. The zero-order valence-corrected chi connectivity index (χ0v) is 21.7. The summed E-state index contributed by atoms with van der Waals surface area (Å²) in [6.07, 6.45) is 1.10. The average molecular weight is 514 g/mol. The maximum absolute atomic E-state index is 13.7. The van der Waals surface area contributed by atoms with Crippen molar-refractivity contribution < 1.29 is 33.8 Å². The number of hydrogen-bond donors (Lipinski definition) is 2. The fourth-order valence-corrected chi connectivity index (χ4v) is 5.52. The molecule has 2 atom stereocenters. The average Bonchev–Trinajstić information content (AvgIpc) is 3.17. The highest BCUT2D eigenvalue weighted by Crippen LogP contribution is 2.56. The molecule has 0 fully saturated rings. The fourth-order valence-electron chi connectivity index (χ4n) is 5.52. The number of aryl methyl sites for hydroxylation is 1. The van der Waals surface area contributed by atoms with Gasteiger partial charge in [0.25, 0.3) is 5.91 Å². The van der Waals surface area contributed by atoms with Gasteiger partial charge in [-0.15, -0.1) is 0 Å². The van der Waals surface area contributed by atoms with E-state index in [-0.39, 0.29) is 40.7 Å². The van der Waals surface area contributed by atoms with E-state index in [1.165, 1.54) is 27.0 Å². The number of methoxy groups -OCH3 is 1. The Labute approximate surface area is 219 Å². The molecule has 2 N–H and O–H groups in total. The second kappa shape index (κ2) is 8.83. The van der Waals surface area contributed by atoms with E-state index in [0.29, 0.717) is 0 Å². The Morgan fingerprint density at radius 2 is 1.87 bits per heavy atom. The number of ketones is 3. The molecular formula is C30H27NO7. The van der Waals surface area contributed by atoms with Crippen LogP contribution in [0.4, 0.5) is 0 Å². The van der Waals surface area contributed by atoms with Crippen LogP contribution in [0.15, 0.2) is 48.2 Å². The first-order valence-corrected chi connectivity index (χ1v) is 12.2. The van der Waals surface area contributed by atoms with Gasteiger partial charge in [-0.05, 0) is 55.2 Å². The van der Waals surface area contributed by atoms with Gasteiger partial charge in [0.2, 0.25) is 0 Å². The third-order valence-corrected chi connectivity index (χ3v) is 7.72. The van der Waals surface area contributed by atoms with Crippen molar-refractivity contribution in [1.29, 1.82) is 0 Å². The first-order valence-electron chi connectivity index (χ1n) is 12.2. The number of rotatable bonds is 5. The quantitative estimate of drug-likeness (QED) is 0.495. The summed E-state index contributed by atoms with van der Waals surface area (Å²) in [5, 5.41) is 15.9. The minimum absolute atomic E-state index is 0.0222. The number of Topliss-reactive ketones (excluding diaryl/α,β-unsaturated/α-hetero) is 2. The molecule has 0 spiro atoms. The van der Waals surface area contributed by atoms with Gasteiger partial charge in [-0.2, -0.15) is 0 Å². The number of carbonyl (C=O) groups excluding carboxylic acids is 4. The van der Waals surface area contributed by atoms with E-state index in [0.717, 1.165) is 33.5 Å². The molecule has 38 heavy (non-hydrogen) atoms. The first kappa shape index (κ1) is 25.2. The van der Waals surface area contributed by atoms with Gasteiger partial charge in [-0.3, -0.25) is 19.2 Å². The molecule has 8 nitrogen and oxygen atoms in total. The van der Waals surface area contributed by atoms with Gasteiger partial charge in [-0.1, -0.05) is 30.3 Å². The van der Waals surface area contributed by atoms with Gasteiger partial charge in [0.1, 0.15) is 39.9 Å². The molecule has 5 rings (SSSR count). The molecule has 0 saturated carbocycles. The maximum atomic E-state index is 13.7. The van der Waals surface area contributed by atoms with Crippen molar-refractivity contribution in [2.45, 2.75) is 39.7 Å². The van der Waals surface area contributed by atoms with E-state index >= 15 is 0 Å². The van der Waals surface area contributed by atoms with Crippen LogP contribution in [-0.4, -0.2) is 35.5 Å². The number of benzene rings is 3. The minimum atomic E-state index is -1.62. The number of aromatic hydroxyl groups is 1. The number of ether oxygens (including phenoxy) is 2. The second-order valence-corrected chi connectivity index (χ2v) is 9.92. The van der Waals surface area contributed by atoms with Crippen molar-refractivity contribution >= 4 is 34.0 Å². The third-order valence-electron chi connectivity index (χ3n) is 7.72. The molecular weight excluding hydrogens is 486 g/mol. The van der Waals surface area contributed by atoms with Crippen LogP contribution in [0.1, 0.15) is 46.5 Å². The molecule has 1 amide bonds. The van der Waals surface area contributed by atoms with Crippen LogP contribution >= 0.6 is 0 Å². The van der Waals surface area contributed by atoms with Crippen molar-refractivity contribution in [2.24, 2.45) is 5.92 Å². The lowest BCUT2D eigenvalue weighted by atomic mass is 9.67. The molecule has 3 aromatic carbocycles. The van der Waals surface area contributed by atoms with Crippen LogP contribution in [0.25, 0.3) is 10.8 Å². The largest absolute Gasteiger partial charge is 0.507 e. The Morgan fingerprint density at radius 3 is 2.55 bits per heavy atom. The van der Waals surface area contributed by atoms with Crippen molar-refractivity contribution in [2.75, 3.05) is 7.11 Å². The predicted octanol–water partition coefficient (Wildman–Crippen LogP) is 3.99. The maximum Gasteiger partial charge on any atom is 0.259 e. The summed E-state index contributed by atoms with van der Waals surface area (Å²) in [6, 6.07) is 11.2. The Kier molecular flexibility index (Phi) is 5.86. The molecule has 2 aliphatic rings. The molecule has 0 aromatic heterocycles. The summed E-state index contributed by atoms with van der Waals surface area (Å²) in [5.41, 5.74) is 1.48. The summed E-state index contributed by atoms with van der Waals surface area (Å²) >= 11 is 0. The first-order chi connectivity index (χ1) is 18.0. The van der Waals surface area contributed by atoms with Crippen molar-refractivity contribution in [3.63, 3.8) is 0 Å². The van der Waals surface area contributed by atoms with E-state index in [1.807, 2.05) is 38.1 Å². The zero-order chi connectivity index (χ0) is 27.5. The highest BCUT2D eigenvalue weighted by Gasteiger charge is 2.58. The lowest BCUT2D eigenvalue weighted by Gasteiger charge is -2.30.